The van der Waals surface area contributed by atoms with Crippen LogP contribution in [0.15, 0.2) is 96.4 Å². The molecule has 4 atom stereocenters. The number of thiophene rings is 1. The lowest BCUT2D eigenvalue weighted by molar-refractivity contribution is -0.159. The molecule has 0 saturated heterocycles. The zero-order chi connectivity index (χ0) is 36.7. The van der Waals surface area contributed by atoms with Crippen molar-refractivity contribution >= 4 is 55.7 Å². The Hall–Kier alpha value is -5.22. The zero-order valence-electron chi connectivity index (χ0n) is 29.6. The van der Waals surface area contributed by atoms with E-state index >= 15 is 4.39 Å². The Kier molecular flexibility index (Phi) is 9.41. The molecule has 5 aromatic rings. The molecule has 0 aliphatic heterocycles. The molecule has 4 aromatic carbocycles. The Balaban J connectivity index is 0.910. The molecule has 2 bridgehead atoms. The fourth-order valence-electron chi connectivity index (χ4n) is 8.25. The number of carbonyl (C=O) groups is 3. The van der Waals surface area contributed by atoms with Crippen LogP contribution in [0, 0.1) is 29.0 Å². The van der Waals surface area contributed by atoms with Crippen molar-refractivity contribution in [2.24, 2.45) is 23.2 Å². The van der Waals surface area contributed by atoms with Gasteiger partial charge in [0.25, 0.3) is 5.91 Å². The van der Waals surface area contributed by atoms with E-state index in [0.717, 1.165) is 44.6 Å². The maximum absolute atomic E-state index is 15.4. The van der Waals surface area contributed by atoms with Crippen molar-refractivity contribution in [3.63, 3.8) is 0 Å². The number of anilines is 1. The van der Waals surface area contributed by atoms with Crippen molar-refractivity contribution < 1.29 is 33.0 Å². The fraction of sp³-hybridized carbons (Fsp3) is 0.326. The van der Waals surface area contributed by atoms with Gasteiger partial charge in [-0.3, -0.25) is 14.4 Å². The highest BCUT2D eigenvalue weighted by atomic mass is 32.1. The van der Waals surface area contributed by atoms with Crippen LogP contribution in [-0.4, -0.2) is 37.0 Å². The molecule has 53 heavy (non-hydrogen) atoms. The van der Waals surface area contributed by atoms with Gasteiger partial charge in [0.15, 0.2) is 11.6 Å². The Morgan fingerprint density at radius 3 is 2.47 bits per heavy atom. The number of fused-ring (bicyclic) bond motifs is 4. The van der Waals surface area contributed by atoms with Gasteiger partial charge in [-0.1, -0.05) is 66.7 Å². The minimum absolute atomic E-state index is 0.00263. The van der Waals surface area contributed by atoms with Crippen LogP contribution in [0.3, 0.4) is 0 Å². The Labute approximate surface area is 311 Å². The van der Waals surface area contributed by atoms with E-state index in [1.165, 1.54) is 13.2 Å². The molecule has 1 heterocycles. The number of nitrogens with one attached hydrogen (secondary N) is 2. The average molecular weight is 733 g/mol. The average Bonchev–Trinajstić information content (AvgIpc) is 3.91. The van der Waals surface area contributed by atoms with Crippen LogP contribution in [0.25, 0.3) is 20.9 Å². The van der Waals surface area contributed by atoms with Crippen molar-refractivity contribution in [1.82, 2.24) is 5.32 Å². The second kappa shape index (κ2) is 14.3. The molecule has 1 aromatic heterocycles. The highest BCUT2D eigenvalue weighted by Gasteiger charge is 2.49. The Morgan fingerprint density at radius 1 is 0.906 bits per heavy atom. The fourth-order valence-corrected chi connectivity index (χ4v) is 9.14. The van der Waals surface area contributed by atoms with Gasteiger partial charge in [-0.15, -0.1) is 11.3 Å². The number of benzene rings is 4. The number of rotatable bonds is 10. The summed E-state index contributed by atoms with van der Waals surface area (Å²) in [5, 5.41) is 11.4. The summed E-state index contributed by atoms with van der Waals surface area (Å²) in [5.41, 5.74) is 1.12. The monoisotopic (exact) mass is 732 g/mol. The molecule has 8 rings (SSSR count). The first kappa shape index (κ1) is 34.8. The predicted molar refractivity (Wildman–Crippen MR) is 204 cm³/mol. The van der Waals surface area contributed by atoms with Gasteiger partial charge < -0.3 is 24.8 Å². The van der Waals surface area contributed by atoms with Gasteiger partial charge in [0.1, 0.15) is 12.4 Å². The molecule has 2 N–H and O–H groups in total. The van der Waals surface area contributed by atoms with E-state index in [1.807, 2.05) is 79.0 Å². The summed E-state index contributed by atoms with van der Waals surface area (Å²) >= 11 is 1.57. The second-order valence-corrected chi connectivity index (χ2v) is 15.6. The molecule has 0 unspecified atom stereocenters. The van der Waals surface area contributed by atoms with Gasteiger partial charge >= 0.3 is 5.97 Å². The number of methoxy groups -OCH3 is 1. The summed E-state index contributed by atoms with van der Waals surface area (Å²) < 4.78 is 33.8. The van der Waals surface area contributed by atoms with E-state index in [9.17, 15) is 14.4 Å². The third-order valence-electron chi connectivity index (χ3n) is 11.3. The minimum Gasteiger partial charge on any atom is -0.496 e. The molecule has 272 valence electrons. The quantitative estimate of drug-likeness (QED) is 0.110. The van der Waals surface area contributed by atoms with Gasteiger partial charge in [-0.25, -0.2) is 4.39 Å². The maximum Gasteiger partial charge on any atom is 0.312 e. The normalized spacial score (nSPS) is 24.6. The highest BCUT2D eigenvalue weighted by molar-refractivity contribution is 7.17. The molecule has 8 nitrogen and oxygen atoms in total. The van der Waals surface area contributed by atoms with E-state index in [1.54, 1.807) is 11.3 Å². The zero-order valence-corrected chi connectivity index (χ0v) is 30.4. The van der Waals surface area contributed by atoms with E-state index in [2.05, 4.69) is 22.8 Å². The van der Waals surface area contributed by atoms with Crippen molar-refractivity contribution in [2.45, 2.75) is 57.8 Å². The molecule has 2 fully saturated rings. The summed E-state index contributed by atoms with van der Waals surface area (Å²) in [6.07, 6.45) is 6.60. The number of allylic oxidation sites excluding steroid dienone is 1. The molecule has 10 heteroatoms. The molecular weight excluding hydrogens is 692 g/mol. The number of halogens is 1. The lowest BCUT2D eigenvalue weighted by Gasteiger charge is -2.35. The van der Waals surface area contributed by atoms with Gasteiger partial charge in [0.2, 0.25) is 5.91 Å². The van der Waals surface area contributed by atoms with Crippen LogP contribution in [0.4, 0.5) is 10.1 Å². The second-order valence-electron chi connectivity index (χ2n) is 14.7. The number of ether oxygens (including phenoxy) is 3. The minimum atomic E-state index is -0.686. The lowest BCUT2D eigenvalue weighted by Crippen LogP contribution is -2.47. The lowest BCUT2D eigenvalue weighted by atomic mass is 9.74. The summed E-state index contributed by atoms with van der Waals surface area (Å²) in [7, 11) is 1.38. The van der Waals surface area contributed by atoms with Gasteiger partial charge in [-0.2, -0.15) is 0 Å². The molecule has 0 radical (unpaired) electrons. The SMILES string of the molecule is COc1cc(F)c(OC2CCC(C)(C(=O)OCc3ccc4ccccc4c3)CC2)cc1C(=O)N[C@H]1[C@@H](C(=O)Nc2csc3ccccc23)[C@@H]2C=C[C@H]1C2. The largest absolute Gasteiger partial charge is 0.496 e. The number of amides is 2. The van der Waals surface area contributed by atoms with E-state index in [0.29, 0.717) is 25.7 Å². The predicted octanol–water partition coefficient (Wildman–Crippen LogP) is 8.83. The number of esters is 1. The highest BCUT2D eigenvalue weighted by Crippen LogP contribution is 2.45. The van der Waals surface area contributed by atoms with E-state index in [-0.39, 0.29) is 53.5 Å². The van der Waals surface area contributed by atoms with Crippen molar-refractivity contribution in [2.75, 3.05) is 12.4 Å². The van der Waals surface area contributed by atoms with Crippen LogP contribution in [0.1, 0.15) is 54.9 Å². The maximum atomic E-state index is 15.4. The summed E-state index contributed by atoms with van der Waals surface area (Å²) in [4.78, 5) is 40.9. The molecule has 2 amide bonds. The molecule has 3 aliphatic rings. The third-order valence-corrected chi connectivity index (χ3v) is 12.3. The van der Waals surface area contributed by atoms with Gasteiger partial charge in [0.05, 0.1) is 35.8 Å². The van der Waals surface area contributed by atoms with Crippen LogP contribution >= 0.6 is 11.3 Å². The Bertz CT molecular complexity index is 2240. The smallest absolute Gasteiger partial charge is 0.312 e. The molecule has 3 aliphatic carbocycles. The number of hydrogen-bond donors (Lipinski definition) is 2. The van der Waals surface area contributed by atoms with E-state index < -0.39 is 29.1 Å². The number of hydrogen-bond acceptors (Lipinski definition) is 7. The number of carbonyl (C=O) groups excluding carboxylic acids is 3. The van der Waals surface area contributed by atoms with Crippen LogP contribution in [0.2, 0.25) is 0 Å². The van der Waals surface area contributed by atoms with Crippen LogP contribution in [0.5, 0.6) is 11.5 Å². The molecular formula is C43H41FN2O6S. The van der Waals surface area contributed by atoms with Crippen molar-refractivity contribution in [3.8, 4) is 11.5 Å². The topological polar surface area (TPSA) is 103 Å². The first-order chi connectivity index (χ1) is 25.7. The van der Waals surface area contributed by atoms with Crippen molar-refractivity contribution in [3.05, 3.63) is 113 Å². The summed E-state index contributed by atoms with van der Waals surface area (Å²) in [5.74, 6) is -1.99. The Morgan fingerprint density at radius 2 is 1.66 bits per heavy atom. The van der Waals surface area contributed by atoms with Crippen LogP contribution < -0.4 is 20.1 Å². The summed E-state index contributed by atoms with van der Waals surface area (Å²) in [6, 6.07) is 24.1. The van der Waals surface area contributed by atoms with Gasteiger partial charge in [-0.05, 0) is 85.4 Å². The summed E-state index contributed by atoms with van der Waals surface area (Å²) in [6.45, 7) is 2.10. The molecule has 2 saturated carbocycles. The third kappa shape index (κ3) is 6.88. The molecule has 0 spiro atoms. The van der Waals surface area contributed by atoms with Crippen LogP contribution in [-0.2, 0) is 20.9 Å². The van der Waals surface area contributed by atoms with Gasteiger partial charge in [0, 0.05) is 27.6 Å². The standard InChI is InChI=1S/C43H41FN2O6S/c1-43(42(49)51-23-25-11-12-26-7-3-4-8-27(26)19-25)17-15-30(16-18-43)52-36-21-32(35(50-2)22-33(36)44)40(47)46-39-29-14-13-28(20-29)38(39)41(48)45-34-24-53-37-10-6-5-9-31(34)37/h3-14,19,21-22,24,28-30,38-39H,15-18,20,23H2,1-2H3,(H,45,48)(H,46,47)/t28-,29+,30?,38+,39-,43?/m1/s1. The van der Waals surface area contributed by atoms with E-state index in [4.69, 9.17) is 14.2 Å². The first-order valence-corrected chi connectivity index (χ1v) is 19.0. The van der Waals surface area contributed by atoms with Crippen molar-refractivity contribution in [1.29, 1.82) is 0 Å². The first-order valence-electron chi connectivity index (χ1n) is 18.1.